The molecule has 1 saturated heterocycles. The molecule has 1 unspecified atom stereocenters. The van der Waals surface area contributed by atoms with E-state index in [0.717, 1.165) is 25.3 Å². The van der Waals surface area contributed by atoms with E-state index in [2.05, 4.69) is 10.6 Å². The molecule has 37 heavy (non-hydrogen) atoms. The van der Waals surface area contributed by atoms with Crippen molar-refractivity contribution < 1.29 is 27.8 Å². The molecule has 3 rings (SSSR count). The van der Waals surface area contributed by atoms with Crippen LogP contribution in [0.15, 0.2) is 18.2 Å². The number of hydrogen-bond acceptors (Lipinski definition) is 4. The first-order valence-electron chi connectivity index (χ1n) is 13.8. The summed E-state index contributed by atoms with van der Waals surface area (Å²) in [6.07, 6.45) is 5.67. The van der Waals surface area contributed by atoms with Crippen LogP contribution in [0.2, 0.25) is 0 Å². The number of carbonyl (C=O) groups is 1. The Morgan fingerprint density at radius 1 is 1.22 bits per heavy atom. The molecule has 3 N–H and O–H groups in total. The maximum Gasteiger partial charge on any atom is 0.317 e. The molecule has 1 aliphatic heterocycles. The molecule has 0 radical (unpaired) electrons. The Morgan fingerprint density at radius 2 is 1.97 bits per heavy atom. The van der Waals surface area contributed by atoms with E-state index < -0.39 is 29.3 Å². The van der Waals surface area contributed by atoms with Crippen molar-refractivity contribution in [3.05, 3.63) is 35.4 Å². The van der Waals surface area contributed by atoms with Crippen molar-refractivity contribution in [1.29, 1.82) is 0 Å². The summed E-state index contributed by atoms with van der Waals surface area (Å²) in [7, 11) is 3.44. The summed E-state index contributed by atoms with van der Waals surface area (Å²) in [5.41, 5.74) is -1.65. The summed E-state index contributed by atoms with van der Waals surface area (Å²) in [5, 5.41) is 18.1. The van der Waals surface area contributed by atoms with E-state index in [1.165, 1.54) is 12.1 Å². The lowest BCUT2D eigenvalue weighted by atomic mass is 9.74. The van der Waals surface area contributed by atoms with Gasteiger partial charge in [-0.3, -0.25) is 0 Å². The highest BCUT2D eigenvalue weighted by Gasteiger charge is 2.43. The number of methoxy groups -OCH3 is 1. The smallest absolute Gasteiger partial charge is 0.317 e. The van der Waals surface area contributed by atoms with Gasteiger partial charge >= 0.3 is 6.03 Å². The number of nitrogens with one attached hydrogen (secondary N) is 2. The molecule has 2 aliphatic rings. The second-order valence-corrected chi connectivity index (χ2v) is 10.8. The molecule has 0 aromatic heterocycles. The van der Waals surface area contributed by atoms with Gasteiger partial charge in [-0.05, 0) is 83.2 Å². The van der Waals surface area contributed by atoms with Crippen molar-refractivity contribution >= 4 is 6.03 Å². The summed E-state index contributed by atoms with van der Waals surface area (Å²) in [5.74, 6) is -2.08. The van der Waals surface area contributed by atoms with Crippen molar-refractivity contribution in [2.75, 3.05) is 40.4 Å². The number of unbranched alkanes of at least 4 members (excludes halogenated alkanes) is 1. The number of aliphatic hydroxyl groups is 1. The lowest BCUT2D eigenvalue weighted by Crippen LogP contribution is -2.54. The number of amides is 2. The predicted molar refractivity (Wildman–Crippen MR) is 138 cm³/mol. The normalized spacial score (nSPS) is 24.9. The number of alkyl halides is 1. The average molecular weight is 528 g/mol. The zero-order valence-corrected chi connectivity index (χ0v) is 22.3. The number of likely N-dealkylation sites (N-methyl/N-ethyl adjacent to an activating group) is 1. The third-order valence-electron chi connectivity index (χ3n) is 8.13. The van der Waals surface area contributed by atoms with Crippen LogP contribution in [0.5, 0.6) is 0 Å². The van der Waals surface area contributed by atoms with Gasteiger partial charge in [0, 0.05) is 50.9 Å². The Balaban J connectivity index is 1.70. The number of hydrogen-bond donors (Lipinski definition) is 3. The fourth-order valence-corrected chi connectivity index (χ4v) is 6.05. The van der Waals surface area contributed by atoms with Crippen molar-refractivity contribution in [1.82, 2.24) is 15.5 Å². The van der Waals surface area contributed by atoms with Gasteiger partial charge in [0.2, 0.25) is 0 Å². The summed E-state index contributed by atoms with van der Waals surface area (Å²) < 4.78 is 47.7. The Kier molecular flexibility index (Phi) is 11.5. The maximum atomic E-state index is 14.9. The Morgan fingerprint density at radius 3 is 2.68 bits per heavy atom. The number of ether oxygens (including phenoxy) is 1. The molecule has 2 fully saturated rings. The third-order valence-corrected chi connectivity index (χ3v) is 8.13. The van der Waals surface area contributed by atoms with Crippen LogP contribution in [-0.4, -0.2) is 68.6 Å². The molecule has 1 aromatic rings. The molecule has 1 heterocycles. The predicted octanol–water partition coefficient (Wildman–Crippen LogP) is 4.90. The number of likely N-dealkylation sites (tertiary alicyclic amines) is 1. The summed E-state index contributed by atoms with van der Waals surface area (Å²) in [4.78, 5) is 15.0. The number of halogens is 3. The first-order chi connectivity index (χ1) is 17.8. The van der Waals surface area contributed by atoms with E-state index >= 15 is 0 Å². The Labute approximate surface area is 219 Å². The van der Waals surface area contributed by atoms with Crippen LogP contribution in [0.1, 0.15) is 69.8 Å². The molecule has 0 spiro atoms. The fraction of sp³-hybridized carbons (Fsp3) is 0.750. The molecular weight excluding hydrogens is 483 g/mol. The van der Waals surface area contributed by atoms with Crippen molar-refractivity contribution in [3.63, 3.8) is 0 Å². The number of carbonyl (C=O) groups excluding carboxylic acids is 1. The highest BCUT2D eigenvalue weighted by molar-refractivity contribution is 5.74. The molecule has 1 saturated carbocycles. The minimum Gasteiger partial charge on any atom is -0.385 e. The van der Waals surface area contributed by atoms with Crippen LogP contribution in [0.3, 0.4) is 0 Å². The number of nitrogens with zero attached hydrogens (tertiary/aromatic N) is 1. The minimum atomic E-state index is -1.60. The topological polar surface area (TPSA) is 73.8 Å². The summed E-state index contributed by atoms with van der Waals surface area (Å²) >= 11 is 0. The van der Waals surface area contributed by atoms with Gasteiger partial charge in [0.15, 0.2) is 11.6 Å². The highest BCUT2D eigenvalue weighted by Crippen LogP contribution is 2.41. The molecular formula is C28H44F3N3O3. The third kappa shape index (κ3) is 8.07. The standard InChI is InChI=1S/C28H44F3N3O3/c1-32-18-23(17-20-10-12-22(29)13-11-20)33-27(35)34-15-6-7-21(19-34)28(36,14-3-4-16-37-2)24-8-5-9-25(30)26(24)31/h5,8-9,20-23,32,36H,3-4,6-7,10-19H2,1-2H3,(H,33,35)/t20?,21-,22?,23?,28-/m1/s1. The monoisotopic (exact) mass is 527 g/mol. The van der Waals surface area contributed by atoms with Crippen molar-refractivity contribution in [3.8, 4) is 0 Å². The van der Waals surface area contributed by atoms with E-state index in [1.54, 1.807) is 12.0 Å². The van der Waals surface area contributed by atoms with Crippen molar-refractivity contribution in [2.24, 2.45) is 11.8 Å². The van der Waals surface area contributed by atoms with E-state index in [-0.39, 0.29) is 30.6 Å². The second-order valence-electron chi connectivity index (χ2n) is 10.8. The maximum absolute atomic E-state index is 14.9. The van der Waals surface area contributed by atoms with Gasteiger partial charge in [-0.25, -0.2) is 18.0 Å². The van der Waals surface area contributed by atoms with Gasteiger partial charge in [-0.2, -0.15) is 0 Å². The lowest BCUT2D eigenvalue weighted by Gasteiger charge is -2.43. The number of rotatable bonds is 12. The van der Waals surface area contributed by atoms with Gasteiger partial charge in [-0.15, -0.1) is 0 Å². The van der Waals surface area contributed by atoms with Gasteiger partial charge in [0.1, 0.15) is 6.17 Å². The Bertz CT molecular complexity index is 853. The van der Waals surface area contributed by atoms with Crippen LogP contribution < -0.4 is 10.6 Å². The quantitative estimate of drug-likeness (QED) is 0.338. The van der Waals surface area contributed by atoms with E-state index in [4.69, 9.17) is 4.74 Å². The molecule has 3 atom stereocenters. The zero-order chi connectivity index (χ0) is 26.8. The van der Waals surface area contributed by atoms with Gasteiger partial charge in [-0.1, -0.05) is 12.1 Å². The number of piperidine rings is 1. The molecule has 9 heteroatoms. The van der Waals surface area contributed by atoms with Crippen LogP contribution in [-0.2, 0) is 10.3 Å². The Hall–Kier alpha value is -1.84. The summed E-state index contributed by atoms with van der Waals surface area (Å²) in [6, 6.07) is 3.60. The van der Waals surface area contributed by atoms with Crippen LogP contribution in [0.25, 0.3) is 0 Å². The van der Waals surface area contributed by atoms with Gasteiger partial charge < -0.3 is 25.4 Å². The molecule has 1 aromatic carbocycles. The summed E-state index contributed by atoms with van der Waals surface area (Å²) in [6.45, 7) is 1.91. The van der Waals surface area contributed by atoms with Crippen molar-refractivity contribution in [2.45, 2.75) is 82.0 Å². The molecule has 210 valence electrons. The first-order valence-corrected chi connectivity index (χ1v) is 13.8. The van der Waals surface area contributed by atoms with Crippen LogP contribution in [0, 0.1) is 23.5 Å². The lowest BCUT2D eigenvalue weighted by molar-refractivity contribution is -0.0591. The molecule has 1 aliphatic carbocycles. The van der Waals surface area contributed by atoms with E-state index in [1.807, 2.05) is 7.05 Å². The fourth-order valence-electron chi connectivity index (χ4n) is 6.05. The van der Waals surface area contributed by atoms with E-state index in [0.29, 0.717) is 64.1 Å². The van der Waals surface area contributed by atoms with Gasteiger partial charge in [0.25, 0.3) is 0 Å². The van der Waals surface area contributed by atoms with Crippen LogP contribution >= 0.6 is 0 Å². The zero-order valence-electron chi connectivity index (χ0n) is 22.3. The first kappa shape index (κ1) is 29.7. The highest BCUT2D eigenvalue weighted by atomic mass is 19.2. The largest absolute Gasteiger partial charge is 0.385 e. The van der Waals surface area contributed by atoms with Crippen LogP contribution in [0.4, 0.5) is 18.0 Å². The minimum absolute atomic E-state index is 0.0475. The van der Waals surface area contributed by atoms with E-state index in [9.17, 15) is 23.1 Å². The van der Waals surface area contributed by atoms with Gasteiger partial charge in [0.05, 0.1) is 5.60 Å². The molecule has 2 amide bonds. The molecule has 0 bridgehead atoms. The number of benzene rings is 1. The second kappa shape index (κ2) is 14.4. The molecule has 6 nitrogen and oxygen atoms in total. The number of urea groups is 1. The average Bonchev–Trinajstić information content (AvgIpc) is 2.89. The SMILES string of the molecule is CNCC(CC1CCC(F)CC1)NC(=O)N1CCC[C@@H]([C@](O)(CCCCOC)c2cccc(F)c2F)C1.